The Morgan fingerprint density at radius 3 is 2.77 bits per heavy atom. The van der Waals surface area contributed by atoms with E-state index in [-0.39, 0.29) is 5.82 Å². The van der Waals surface area contributed by atoms with Gasteiger partial charge >= 0.3 is 0 Å². The highest BCUT2D eigenvalue weighted by atomic mass is 32.1. The zero-order valence-electron chi connectivity index (χ0n) is 15.4. The van der Waals surface area contributed by atoms with E-state index in [2.05, 4.69) is 35.5 Å². The fourth-order valence-corrected chi connectivity index (χ4v) is 4.33. The summed E-state index contributed by atoms with van der Waals surface area (Å²) in [7, 11) is 0. The lowest BCUT2D eigenvalue weighted by molar-refractivity contribution is 0.643. The molecule has 0 atom stereocenters. The van der Waals surface area contributed by atoms with Crippen LogP contribution in [-0.4, -0.2) is 30.1 Å². The SMILES string of the molecule is Fc1c(-c2cccnc2)ccc2[nH]nc(-c3nc4nccc(-c5ccsc5)c4[nH]3)c12. The fourth-order valence-electron chi connectivity index (χ4n) is 3.67. The molecule has 2 N–H and O–H groups in total. The zero-order chi connectivity index (χ0) is 20.1. The monoisotopic (exact) mass is 412 g/mol. The van der Waals surface area contributed by atoms with Gasteiger partial charge in [0.1, 0.15) is 11.5 Å². The fraction of sp³-hybridized carbons (Fsp3) is 0. The maximum absolute atomic E-state index is 15.5. The third-order valence-electron chi connectivity index (χ3n) is 5.09. The molecule has 0 aliphatic heterocycles. The summed E-state index contributed by atoms with van der Waals surface area (Å²) in [5.74, 6) is 0.101. The highest BCUT2D eigenvalue weighted by Crippen LogP contribution is 2.35. The second kappa shape index (κ2) is 6.57. The van der Waals surface area contributed by atoms with E-state index in [9.17, 15) is 0 Å². The van der Waals surface area contributed by atoms with Crippen molar-refractivity contribution in [3.63, 3.8) is 0 Å². The van der Waals surface area contributed by atoms with Gasteiger partial charge in [0.05, 0.1) is 16.4 Å². The molecule has 6 aromatic rings. The van der Waals surface area contributed by atoms with Crippen molar-refractivity contribution in [1.29, 1.82) is 0 Å². The second-order valence-electron chi connectivity index (χ2n) is 6.82. The molecule has 5 heterocycles. The van der Waals surface area contributed by atoms with Crippen molar-refractivity contribution in [2.24, 2.45) is 0 Å². The molecule has 0 unspecified atom stereocenters. The van der Waals surface area contributed by atoms with Crippen molar-refractivity contribution in [3.05, 3.63) is 71.6 Å². The van der Waals surface area contributed by atoms with Crippen molar-refractivity contribution in [2.45, 2.75) is 0 Å². The van der Waals surface area contributed by atoms with Crippen molar-refractivity contribution in [3.8, 4) is 33.8 Å². The largest absolute Gasteiger partial charge is 0.335 e. The molecule has 8 heteroatoms. The smallest absolute Gasteiger partial charge is 0.178 e. The Morgan fingerprint density at radius 2 is 1.93 bits per heavy atom. The molecule has 6 nitrogen and oxygen atoms in total. The van der Waals surface area contributed by atoms with Gasteiger partial charge in [-0.05, 0) is 46.7 Å². The minimum atomic E-state index is -0.365. The van der Waals surface area contributed by atoms with Gasteiger partial charge in [0, 0.05) is 35.3 Å². The number of aromatic nitrogens is 6. The molecule has 0 bridgehead atoms. The number of benzene rings is 1. The van der Waals surface area contributed by atoms with E-state index in [0.29, 0.717) is 39.2 Å². The van der Waals surface area contributed by atoms with Crippen LogP contribution in [0.5, 0.6) is 0 Å². The Kier molecular flexibility index (Phi) is 3.72. The molecule has 0 fully saturated rings. The van der Waals surface area contributed by atoms with E-state index in [1.807, 2.05) is 29.6 Å². The van der Waals surface area contributed by atoms with Crippen molar-refractivity contribution in [2.75, 3.05) is 0 Å². The van der Waals surface area contributed by atoms with E-state index in [0.717, 1.165) is 16.6 Å². The van der Waals surface area contributed by atoms with Crippen LogP contribution in [0.25, 0.3) is 55.8 Å². The summed E-state index contributed by atoms with van der Waals surface area (Å²) in [6, 6.07) is 11.1. The highest BCUT2D eigenvalue weighted by Gasteiger charge is 2.20. The number of nitrogens with one attached hydrogen (secondary N) is 2. The van der Waals surface area contributed by atoms with Crippen molar-refractivity contribution < 1.29 is 4.39 Å². The first kappa shape index (κ1) is 17.0. The molecule has 0 radical (unpaired) electrons. The summed E-state index contributed by atoms with van der Waals surface area (Å²) in [5.41, 5.74) is 5.63. The number of halogens is 1. The molecule has 144 valence electrons. The van der Waals surface area contributed by atoms with Crippen LogP contribution in [0.3, 0.4) is 0 Å². The normalized spacial score (nSPS) is 11.5. The molecule has 30 heavy (non-hydrogen) atoms. The number of hydrogen-bond donors (Lipinski definition) is 2. The van der Waals surface area contributed by atoms with Gasteiger partial charge in [-0.25, -0.2) is 14.4 Å². The van der Waals surface area contributed by atoms with Crippen LogP contribution in [0.1, 0.15) is 0 Å². The molecule has 1 aromatic carbocycles. The van der Waals surface area contributed by atoms with Crippen LogP contribution in [-0.2, 0) is 0 Å². The third kappa shape index (κ3) is 2.54. The van der Waals surface area contributed by atoms with Crippen LogP contribution >= 0.6 is 11.3 Å². The van der Waals surface area contributed by atoms with Gasteiger partial charge in [-0.3, -0.25) is 10.1 Å². The molecule has 0 aliphatic rings. The Hall–Kier alpha value is -3.91. The first-order valence-corrected chi connectivity index (χ1v) is 10.2. The summed E-state index contributed by atoms with van der Waals surface area (Å²) >= 11 is 1.62. The Bertz CT molecular complexity index is 1500. The lowest BCUT2D eigenvalue weighted by Crippen LogP contribution is -1.89. The van der Waals surface area contributed by atoms with Crippen LogP contribution in [0, 0.1) is 5.82 Å². The summed E-state index contributed by atoms with van der Waals surface area (Å²) < 4.78 is 15.5. The number of thiophene rings is 1. The predicted octanol–water partition coefficient (Wildman–Crippen LogP) is 5.43. The topological polar surface area (TPSA) is 83.1 Å². The van der Waals surface area contributed by atoms with E-state index in [1.165, 1.54) is 0 Å². The molecular formula is C22H13FN6S. The number of H-pyrrole nitrogens is 2. The lowest BCUT2D eigenvalue weighted by atomic mass is 10.0. The number of fused-ring (bicyclic) bond motifs is 2. The molecule has 0 saturated heterocycles. The van der Waals surface area contributed by atoms with Crippen LogP contribution in [0.15, 0.2) is 65.7 Å². The summed E-state index contributed by atoms with van der Waals surface area (Å²) in [6.45, 7) is 0. The van der Waals surface area contributed by atoms with Gasteiger partial charge in [-0.15, -0.1) is 0 Å². The van der Waals surface area contributed by atoms with Crippen molar-refractivity contribution >= 4 is 33.4 Å². The average Bonchev–Trinajstić information content (AvgIpc) is 3.53. The number of rotatable bonds is 3. The first-order valence-electron chi connectivity index (χ1n) is 9.24. The number of pyridine rings is 2. The summed E-state index contributed by atoms with van der Waals surface area (Å²) in [4.78, 5) is 16.4. The van der Waals surface area contributed by atoms with Crippen LogP contribution in [0.2, 0.25) is 0 Å². The molecule has 0 spiro atoms. The molecular weight excluding hydrogens is 399 g/mol. The van der Waals surface area contributed by atoms with E-state index < -0.39 is 0 Å². The highest BCUT2D eigenvalue weighted by molar-refractivity contribution is 7.08. The maximum Gasteiger partial charge on any atom is 0.178 e. The maximum atomic E-state index is 15.5. The van der Waals surface area contributed by atoms with Gasteiger partial charge < -0.3 is 4.98 Å². The van der Waals surface area contributed by atoms with Gasteiger partial charge in [0.15, 0.2) is 11.5 Å². The average molecular weight is 412 g/mol. The van der Waals surface area contributed by atoms with E-state index >= 15 is 4.39 Å². The number of aromatic amines is 2. The quantitative estimate of drug-likeness (QED) is 0.406. The van der Waals surface area contributed by atoms with Gasteiger partial charge in [-0.2, -0.15) is 16.4 Å². The van der Waals surface area contributed by atoms with E-state index in [4.69, 9.17) is 0 Å². The molecule has 6 rings (SSSR count). The zero-order valence-corrected chi connectivity index (χ0v) is 16.2. The number of nitrogens with zero attached hydrogens (tertiary/aromatic N) is 4. The van der Waals surface area contributed by atoms with Gasteiger partial charge in [0.25, 0.3) is 0 Å². The second-order valence-corrected chi connectivity index (χ2v) is 7.60. The minimum absolute atomic E-state index is 0.365. The van der Waals surface area contributed by atoms with Gasteiger partial charge in [0.2, 0.25) is 0 Å². The molecule has 5 aromatic heterocycles. The molecule has 0 saturated carbocycles. The Labute approximate surface area is 173 Å². The molecule has 0 aliphatic carbocycles. The standard InChI is InChI=1S/C22H13FN6S/c23-18-14(12-2-1-7-24-10-12)3-4-16-17(18)20(29-28-16)22-26-19-15(13-6-9-30-11-13)5-8-25-21(19)27-22/h1-11H,(H,28,29)(H,25,26,27). The van der Waals surface area contributed by atoms with Crippen LogP contribution < -0.4 is 0 Å². The first-order chi connectivity index (χ1) is 14.8. The Balaban J connectivity index is 1.57. The van der Waals surface area contributed by atoms with Gasteiger partial charge in [-0.1, -0.05) is 6.07 Å². The summed E-state index contributed by atoms with van der Waals surface area (Å²) in [5, 5.41) is 11.7. The third-order valence-corrected chi connectivity index (χ3v) is 5.77. The molecule has 0 amide bonds. The Morgan fingerprint density at radius 1 is 0.967 bits per heavy atom. The predicted molar refractivity (Wildman–Crippen MR) is 115 cm³/mol. The lowest BCUT2D eigenvalue weighted by Gasteiger charge is -2.04. The van der Waals surface area contributed by atoms with Crippen LogP contribution in [0.4, 0.5) is 4.39 Å². The van der Waals surface area contributed by atoms with Crippen molar-refractivity contribution in [1.82, 2.24) is 30.1 Å². The van der Waals surface area contributed by atoms with E-state index in [1.54, 1.807) is 42.1 Å². The minimum Gasteiger partial charge on any atom is -0.335 e. The summed E-state index contributed by atoms with van der Waals surface area (Å²) in [6.07, 6.45) is 5.03. The number of hydrogen-bond acceptors (Lipinski definition) is 5. The number of imidazole rings is 1.